The number of ether oxygens (including phenoxy) is 1. The number of nitrogens with one attached hydrogen (secondary N) is 3. The summed E-state index contributed by atoms with van der Waals surface area (Å²) in [5.41, 5.74) is 2.91. The number of anilines is 1. The van der Waals surface area contributed by atoms with E-state index in [1.165, 1.54) is 0 Å². The molecule has 27 heavy (non-hydrogen) atoms. The number of allylic oxidation sites excluding steroid dienone is 1. The normalized spacial score (nSPS) is 16.4. The van der Waals surface area contributed by atoms with Gasteiger partial charge in [-0.05, 0) is 55.2 Å². The maximum Gasteiger partial charge on any atom is 0.255 e. The number of methoxy groups -OCH3 is 1. The highest BCUT2D eigenvalue weighted by molar-refractivity contribution is 7.98. The number of rotatable bonds is 5. The standard InChI is InChI=1S/C20H21N3O2S2/c1-12-17(19(24)22-15-6-4-5-7-16(15)25-2)18(23-20(26)21-12)13-8-10-14(27-3)11-9-13/h4-11,18H,1-3H3,(H,22,24)(H2,21,23,26)/t18-/m1/s1. The average Bonchev–Trinajstić information content (AvgIpc) is 2.67. The topological polar surface area (TPSA) is 62.4 Å². The summed E-state index contributed by atoms with van der Waals surface area (Å²) in [4.78, 5) is 14.3. The van der Waals surface area contributed by atoms with Crippen molar-refractivity contribution < 1.29 is 9.53 Å². The van der Waals surface area contributed by atoms with Crippen molar-refractivity contribution in [2.45, 2.75) is 17.9 Å². The monoisotopic (exact) mass is 399 g/mol. The fraction of sp³-hybridized carbons (Fsp3) is 0.200. The average molecular weight is 400 g/mol. The van der Waals surface area contributed by atoms with Gasteiger partial charge in [-0.1, -0.05) is 24.3 Å². The van der Waals surface area contributed by atoms with Crippen molar-refractivity contribution in [1.29, 1.82) is 0 Å². The van der Waals surface area contributed by atoms with E-state index in [4.69, 9.17) is 17.0 Å². The van der Waals surface area contributed by atoms with Gasteiger partial charge in [0, 0.05) is 10.6 Å². The lowest BCUT2D eigenvalue weighted by atomic mass is 9.95. The molecule has 0 bridgehead atoms. The Hall–Kier alpha value is -2.51. The molecule has 7 heteroatoms. The molecule has 0 saturated heterocycles. The van der Waals surface area contributed by atoms with Gasteiger partial charge in [-0.3, -0.25) is 4.79 Å². The molecule has 0 unspecified atom stereocenters. The number of carbonyl (C=O) groups excluding carboxylic acids is 1. The number of benzene rings is 2. The molecule has 2 aromatic carbocycles. The summed E-state index contributed by atoms with van der Waals surface area (Å²) in [6.07, 6.45) is 2.03. The lowest BCUT2D eigenvalue weighted by Crippen LogP contribution is -2.45. The van der Waals surface area contributed by atoms with Crippen LogP contribution in [0.4, 0.5) is 5.69 Å². The molecule has 0 spiro atoms. The van der Waals surface area contributed by atoms with E-state index >= 15 is 0 Å². The van der Waals surface area contributed by atoms with E-state index in [1.807, 2.05) is 61.7 Å². The molecule has 2 aromatic rings. The Morgan fingerprint density at radius 3 is 2.56 bits per heavy atom. The van der Waals surface area contributed by atoms with E-state index < -0.39 is 0 Å². The lowest BCUT2D eigenvalue weighted by Gasteiger charge is -2.30. The number of carbonyl (C=O) groups is 1. The Balaban J connectivity index is 1.94. The minimum atomic E-state index is -0.329. The second-order valence-electron chi connectivity index (χ2n) is 6.00. The first-order valence-electron chi connectivity index (χ1n) is 8.40. The molecule has 1 heterocycles. The summed E-state index contributed by atoms with van der Waals surface area (Å²) >= 11 is 6.98. The maximum absolute atomic E-state index is 13.1. The van der Waals surface area contributed by atoms with Crippen LogP contribution in [-0.4, -0.2) is 24.4 Å². The van der Waals surface area contributed by atoms with Crippen LogP contribution < -0.4 is 20.7 Å². The van der Waals surface area contributed by atoms with Crippen LogP contribution in [0.1, 0.15) is 18.5 Å². The molecule has 3 rings (SSSR count). The summed E-state index contributed by atoms with van der Waals surface area (Å²) in [6.45, 7) is 1.85. The van der Waals surface area contributed by atoms with Gasteiger partial charge in [0.15, 0.2) is 5.11 Å². The van der Waals surface area contributed by atoms with E-state index in [-0.39, 0.29) is 11.9 Å². The second kappa shape index (κ2) is 8.45. The zero-order valence-corrected chi connectivity index (χ0v) is 17.0. The van der Waals surface area contributed by atoms with Crippen molar-refractivity contribution in [2.75, 3.05) is 18.7 Å². The van der Waals surface area contributed by atoms with Gasteiger partial charge in [-0.2, -0.15) is 0 Å². The van der Waals surface area contributed by atoms with Gasteiger partial charge in [-0.25, -0.2) is 0 Å². The zero-order chi connectivity index (χ0) is 19.4. The van der Waals surface area contributed by atoms with Crippen LogP contribution in [0.3, 0.4) is 0 Å². The van der Waals surface area contributed by atoms with Crippen LogP contribution in [0.5, 0.6) is 5.75 Å². The summed E-state index contributed by atoms with van der Waals surface area (Å²) in [5.74, 6) is 0.399. The molecular formula is C20H21N3O2S2. The van der Waals surface area contributed by atoms with Gasteiger partial charge in [-0.15, -0.1) is 11.8 Å². The van der Waals surface area contributed by atoms with Crippen molar-refractivity contribution in [3.8, 4) is 5.75 Å². The molecular weight excluding hydrogens is 378 g/mol. The molecule has 1 aliphatic rings. The summed E-state index contributed by atoms with van der Waals surface area (Å²) in [7, 11) is 1.58. The first-order chi connectivity index (χ1) is 13.0. The number of hydrogen-bond donors (Lipinski definition) is 3. The third-order valence-corrected chi connectivity index (χ3v) is 5.28. The SMILES string of the molecule is COc1ccccc1NC(=O)C1=C(C)NC(=S)N[C@@H]1c1ccc(SC)cc1. The molecule has 1 aliphatic heterocycles. The van der Waals surface area contributed by atoms with E-state index in [9.17, 15) is 4.79 Å². The van der Waals surface area contributed by atoms with Crippen LogP contribution >= 0.6 is 24.0 Å². The fourth-order valence-corrected chi connectivity index (χ4v) is 3.66. The van der Waals surface area contributed by atoms with Gasteiger partial charge >= 0.3 is 0 Å². The number of amides is 1. The van der Waals surface area contributed by atoms with E-state index in [0.29, 0.717) is 22.1 Å². The molecule has 140 valence electrons. The minimum absolute atomic E-state index is 0.210. The van der Waals surface area contributed by atoms with Crippen LogP contribution in [0.2, 0.25) is 0 Å². The number of thioether (sulfide) groups is 1. The molecule has 0 aliphatic carbocycles. The fourth-order valence-electron chi connectivity index (χ4n) is 2.98. The van der Waals surface area contributed by atoms with Crippen molar-refractivity contribution >= 4 is 40.7 Å². The Kier molecular flexibility index (Phi) is 6.03. The summed E-state index contributed by atoms with van der Waals surface area (Å²) in [6, 6.07) is 15.1. The predicted molar refractivity (Wildman–Crippen MR) is 114 cm³/mol. The quantitative estimate of drug-likeness (QED) is 0.524. The third-order valence-electron chi connectivity index (χ3n) is 4.32. The van der Waals surface area contributed by atoms with E-state index in [0.717, 1.165) is 16.2 Å². The van der Waals surface area contributed by atoms with E-state index in [2.05, 4.69) is 16.0 Å². The van der Waals surface area contributed by atoms with Gasteiger partial charge in [0.05, 0.1) is 24.4 Å². The molecule has 5 nitrogen and oxygen atoms in total. The van der Waals surface area contributed by atoms with Gasteiger partial charge in [0.25, 0.3) is 5.91 Å². The predicted octanol–water partition coefficient (Wildman–Crippen LogP) is 3.85. The van der Waals surface area contributed by atoms with Crippen molar-refractivity contribution in [3.63, 3.8) is 0 Å². The Bertz CT molecular complexity index is 894. The largest absolute Gasteiger partial charge is 0.495 e. The number of thiocarbonyl (C=S) groups is 1. The highest BCUT2D eigenvalue weighted by Gasteiger charge is 2.30. The van der Waals surface area contributed by atoms with Gasteiger partial charge < -0.3 is 20.7 Å². The maximum atomic E-state index is 13.1. The van der Waals surface area contributed by atoms with Crippen LogP contribution in [0, 0.1) is 0 Å². The Morgan fingerprint density at radius 2 is 1.89 bits per heavy atom. The smallest absolute Gasteiger partial charge is 0.255 e. The first kappa shape index (κ1) is 19.3. The summed E-state index contributed by atoms with van der Waals surface area (Å²) < 4.78 is 5.33. The molecule has 0 radical (unpaired) electrons. The van der Waals surface area contributed by atoms with Crippen molar-refractivity contribution in [3.05, 3.63) is 65.4 Å². The zero-order valence-electron chi connectivity index (χ0n) is 15.3. The van der Waals surface area contributed by atoms with Crippen LogP contribution in [-0.2, 0) is 4.79 Å². The van der Waals surface area contributed by atoms with Crippen LogP contribution in [0.15, 0.2) is 64.7 Å². The van der Waals surface area contributed by atoms with Crippen molar-refractivity contribution in [2.24, 2.45) is 0 Å². The van der Waals surface area contributed by atoms with Crippen molar-refractivity contribution in [1.82, 2.24) is 10.6 Å². The number of hydrogen-bond acceptors (Lipinski definition) is 4. The molecule has 3 N–H and O–H groups in total. The first-order valence-corrected chi connectivity index (χ1v) is 10.0. The highest BCUT2D eigenvalue weighted by atomic mass is 32.2. The third kappa shape index (κ3) is 4.26. The summed E-state index contributed by atoms with van der Waals surface area (Å²) in [5, 5.41) is 9.71. The molecule has 1 atom stereocenters. The highest BCUT2D eigenvalue weighted by Crippen LogP contribution is 2.30. The molecule has 0 fully saturated rings. The molecule has 1 amide bonds. The number of para-hydroxylation sites is 2. The minimum Gasteiger partial charge on any atom is -0.495 e. The second-order valence-corrected chi connectivity index (χ2v) is 7.29. The van der Waals surface area contributed by atoms with Gasteiger partial charge in [0.2, 0.25) is 0 Å². The van der Waals surface area contributed by atoms with Crippen LogP contribution in [0.25, 0.3) is 0 Å². The molecule has 0 aromatic heterocycles. The Morgan fingerprint density at radius 1 is 1.19 bits per heavy atom. The Labute approximate surface area is 168 Å². The van der Waals surface area contributed by atoms with Gasteiger partial charge in [0.1, 0.15) is 5.75 Å². The van der Waals surface area contributed by atoms with E-state index in [1.54, 1.807) is 18.9 Å². The molecule has 0 saturated carbocycles. The lowest BCUT2D eigenvalue weighted by molar-refractivity contribution is -0.113.